The molecule has 3 rings (SSSR count). The van der Waals surface area contributed by atoms with E-state index in [4.69, 9.17) is 11.5 Å². The van der Waals surface area contributed by atoms with Gasteiger partial charge in [0.1, 0.15) is 0 Å². The molecule has 3 heterocycles. The first-order valence-electron chi connectivity index (χ1n) is 6.21. The van der Waals surface area contributed by atoms with Gasteiger partial charge in [-0.05, 0) is 30.3 Å². The summed E-state index contributed by atoms with van der Waals surface area (Å²) in [5.41, 5.74) is 14.2. The van der Waals surface area contributed by atoms with Gasteiger partial charge in [-0.2, -0.15) is 0 Å². The Hall–Kier alpha value is -2.73. The van der Waals surface area contributed by atoms with Gasteiger partial charge in [0.15, 0.2) is 0 Å². The third-order valence-electron chi connectivity index (χ3n) is 3.05. The Morgan fingerprint density at radius 2 is 1.86 bits per heavy atom. The molecule has 0 aliphatic rings. The van der Waals surface area contributed by atoms with Crippen LogP contribution in [0.3, 0.4) is 0 Å². The van der Waals surface area contributed by atoms with Crippen molar-refractivity contribution in [2.75, 3.05) is 5.73 Å². The van der Waals surface area contributed by atoms with Crippen LogP contribution in [0.4, 0.5) is 5.00 Å². The van der Waals surface area contributed by atoms with Crippen molar-refractivity contribution in [3.05, 3.63) is 54.5 Å². The lowest BCUT2D eigenvalue weighted by molar-refractivity contribution is 0.100. The molecule has 0 aromatic carbocycles. The summed E-state index contributed by atoms with van der Waals surface area (Å²) in [5, 5.41) is 0.427. The number of rotatable bonds is 3. The first kappa shape index (κ1) is 13.3. The Bertz CT molecular complexity index is 781. The van der Waals surface area contributed by atoms with Crippen LogP contribution >= 0.6 is 11.3 Å². The molecule has 4 N–H and O–H groups in total. The van der Waals surface area contributed by atoms with Crippen molar-refractivity contribution >= 4 is 22.2 Å². The van der Waals surface area contributed by atoms with Gasteiger partial charge in [-0.15, -0.1) is 11.3 Å². The number of nitrogens with zero attached hydrogens (tertiary/aromatic N) is 2. The van der Waals surface area contributed by atoms with Crippen LogP contribution in [-0.4, -0.2) is 15.9 Å². The average Bonchev–Trinajstić information content (AvgIpc) is 2.90. The fourth-order valence-electron chi connectivity index (χ4n) is 1.97. The number of primary amides is 1. The second kappa shape index (κ2) is 5.34. The molecular formula is C15H12N4OS. The van der Waals surface area contributed by atoms with Gasteiger partial charge in [0.2, 0.25) is 0 Å². The molecule has 1 amide bonds. The quantitative estimate of drug-likeness (QED) is 0.776. The molecule has 0 saturated heterocycles. The number of carbonyl (C=O) groups is 1. The van der Waals surface area contributed by atoms with Gasteiger partial charge in [0.05, 0.1) is 16.3 Å². The van der Waals surface area contributed by atoms with Crippen molar-refractivity contribution < 1.29 is 4.79 Å². The summed E-state index contributed by atoms with van der Waals surface area (Å²) in [7, 11) is 0. The summed E-state index contributed by atoms with van der Waals surface area (Å²) >= 11 is 1.32. The molecule has 0 radical (unpaired) electrons. The maximum absolute atomic E-state index is 11.2. The highest BCUT2D eigenvalue weighted by molar-refractivity contribution is 7.19. The molecule has 0 fully saturated rings. The number of hydrogen-bond donors (Lipinski definition) is 2. The molecular weight excluding hydrogens is 284 g/mol. The maximum atomic E-state index is 11.2. The zero-order valence-corrected chi connectivity index (χ0v) is 11.8. The van der Waals surface area contributed by atoms with E-state index in [2.05, 4.69) is 9.97 Å². The van der Waals surface area contributed by atoms with Gasteiger partial charge in [-0.25, -0.2) is 0 Å². The van der Waals surface area contributed by atoms with Gasteiger partial charge in [-0.3, -0.25) is 14.8 Å². The van der Waals surface area contributed by atoms with Crippen molar-refractivity contribution in [3.63, 3.8) is 0 Å². The summed E-state index contributed by atoms with van der Waals surface area (Å²) in [6.07, 6.45) is 5.21. The van der Waals surface area contributed by atoms with Crippen LogP contribution in [-0.2, 0) is 0 Å². The minimum absolute atomic E-state index is 0.355. The number of thiophene rings is 1. The van der Waals surface area contributed by atoms with Gasteiger partial charge < -0.3 is 11.5 Å². The third kappa shape index (κ3) is 2.61. The Balaban J connectivity index is 1.94. The summed E-state index contributed by atoms with van der Waals surface area (Å²) in [6.45, 7) is 0. The topological polar surface area (TPSA) is 94.9 Å². The van der Waals surface area contributed by atoms with E-state index in [1.54, 1.807) is 24.7 Å². The lowest BCUT2D eigenvalue weighted by atomic mass is 10.1. The molecule has 5 nitrogen and oxygen atoms in total. The van der Waals surface area contributed by atoms with Crippen molar-refractivity contribution in [2.45, 2.75) is 0 Å². The van der Waals surface area contributed by atoms with E-state index in [-0.39, 0.29) is 0 Å². The number of anilines is 1. The highest BCUT2D eigenvalue weighted by atomic mass is 32.1. The van der Waals surface area contributed by atoms with Crippen LogP contribution in [0.15, 0.2) is 48.9 Å². The van der Waals surface area contributed by atoms with Crippen LogP contribution < -0.4 is 11.5 Å². The standard InChI is InChI=1S/C15H12N4OS/c16-14(20)11-7-13(21-15(11)17)10-1-2-12(19-8-10)9-3-5-18-6-4-9/h1-8H,17H2,(H2,16,20). The molecule has 104 valence electrons. The molecule has 21 heavy (non-hydrogen) atoms. The fourth-order valence-corrected chi connectivity index (χ4v) is 2.89. The Morgan fingerprint density at radius 3 is 2.43 bits per heavy atom. The third-order valence-corrected chi connectivity index (χ3v) is 4.06. The first-order valence-corrected chi connectivity index (χ1v) is 7.03. The smallest absolute Gasteiger partial charge is 0.251 e. The molecule has 0 aliphatic carbocycles. The summed E-state index contributed by atoms with van der Waals surface area (Å²) in [5.74, 6) is -0.517. The molecule has 3 aromatic heterocycles. The van der Waals surface area contributed by atoms with Crippen LogP contribution in [0.2, 0.25) is 0 Å². The van der Waals surface area contributed by atoms with Gasteiger partial charge in [0, 0.05) is 34.6 Å². The predicted octanol–water partition coefficient (Wildman–Crippen LogP) is 2.55. The molecule has 3 aromatic rings. The minimum atomic E-state index is -0.517. The van der Waals surface area contributed by atoms with Crippen LogP contribution in [0.5, 0.6) is 0 Å². The lowest BCUT2D eigenvalue weighted by Gasteiger charge is -2.01. The summed E-state index contributed by atoms with van der Waals surface area (Å²) in [6, 6.07) is 9.36. The fraction of sp³-hybridized carbons (Fsp3) is 0. The van der Waals surface area contributed by atoms with Crippen molar-refractivity contribution in [1.82, 2.24) is 9.97 Å². The number of amides is 1. The highest BCUT2D eigenvalue weighted by Crippen LogP contribution is 2.33. The van der Waals surface area contributed by atoms with Gasteiger partial charge >= 0.3 is 0 Å². The van der Waals surface area contributed by atoms with Gasteiger partial charge in [-0.1, -0.05) is 0 Å². The van der Waals surface area contributed by atoms with Crippen LogP contribution in [0.1, 0.15) is 10.4 Å². The maximum Gasteiger partial charge on any atom is 0.251 e. The largest absolute Gasteiger partial charge is 0.390 e. The molecule has 0 unspecified atom stereocenters. The monoisotopic (exact) mass is 296 g/mol. The normalized spacial score (nSPS) is 10.5. The average molecular weight is 296 g/mol. The zero-order valence-electron chi connectivity index (χ0n) is 11.0. The summed E-state index contributed by atoms with van der Waals surface area (Å²) < 4.78 is 0. The highest BCUT2D eigenvalue weighted by Gasteiger charge is 2.12. The minimum Gasteiger partial charge on any atom is -0.390 e. The first-order chi connectivity index (χ1) is 10.1. The van der Waals surface area contributed by atoms with Crippen LogP contribution in [0.25, 0.3) is 21.7 Å². The lowest BCUT2D eigenvalue weighted by Crippen LogP contribution is -2.11. The van der Waals surface area contributed by atoms with Crippen LogP contribution in [0, 0.1) is 0 Å². The number of nitrogens with two attached hydrogens (primary N) is 2. The Labute approximate surface area is 125 Å². The summed E-state index contributed by atoms with van der Waals surface area (Å²) in [4.78, 5) is 20.5. The van der Waals surface area contributed by atoms with E-state index in [9.17, 15) is 4.79 Å². The van der Waals surface area contributed by atoms with E-state index >= 15 is 0 Å². The van der Waals surface area contributed by atoms with Crippen molar-refractivity contribution in [2.24, 2.45) is 5.73 Å². The second-order valence-corrected chi connectivity index (χ2v) is 5.50. The number of aromatic nitrogens is 2. The van der Waals surface area contributed by atoms with Gasteiger partial charge in [0.25, 0.3) is 5.91 Å². The number of nitrogen functional groups attached to an aromatic ring is 1. The number of hydrogen-bond acceptors (Lipinski definition) is 5. The molecule has 0 spiro atoms. The Morgan fingerprint density at radius 1 is 1.10 bits per heavy atom. The predicted molar refractivity (Wildman–Crippen MR) is 83.7 cm³/mol. The zero-order chi connectivity index (χ0) is 14.8. The van der Waals surface area contributed by atoms with E-state index in [0.29, 0.717) is 10.6 Å². The molecule has 0 atom stereocenters. The van der Waals surface area contributed by atoms with Crippen molar-refractivity contribution in [3.8, 4) is 21.7 Å². The van der Waals surface area contributed by atoms with E-state index in [0.717, 1.165) is 21.7 Å². The van der Waals surface area contributed by atoms with E-state index in [1.807, 2.05) is 24.3 Å². The van der Waals surface area contributed by atoms with Crippen molar-refractivity contribution in [1.29, 1.82) is 0 Å². The molecule has 6 heteroatoms. The SMILES string of the molecule is NC(=O)c1cc(-c2ccc(-c3ccncc3)nc2)sc1N. The van der Waals surface area contributed by atoms with E-state index < -0.39 is 5.91 Å². The number of pyridine rings is 2. The second-order valence-electron chi connectivity index (χ2n) is 4.42. The molecule has 0 saturated carbocycles. The molecule has 0 bridgehead atoms. The molecule has 0 aliphatic heterocycles. The van der Waals surface area contributed by atoms with E-state index in [1.165, 1.54) is 11.3 Å². The Kier molecular flexibility index (Phi) is 3.37. The number of carbonyl (C=O) groups excluding carboxylic acids is 1.